The van der Waals surface area contributed by atoms with Gasteiger partial charge >= 0.3 is 0 Å². The number of aromatic amines is 1. The first-order valence-electron chi connectivity index (χ1n) is 9.21. The van der Waals surface area contributed by atoms with E-state index in [1.54, 1.807) is 18.2 Å². The highest BCUT2D eigenvalue weighted by Gasteiger charge is 2.19. The van der Waals surface area contributed by atoms with E-state index in [-0.39, 0.29) is 23.0 Å². The Morgan fingerprint density at radius 3 is 2.72 bits per heavy atom. The molecule has 0 aliphatic heterocycles. The topological polar surface area (TPSA) is 98.5 Å². The lowest BCUT2D eigenvalue weighted by molar-refractivity contribution is 0.102. The number of aryl methyl sites for hydroxylation is 1. The summed E-state index contributed by atoms with van der Waals surface area (Å²) in [4.78, 5) is 34.6. The number of para-hydroxylation sites is 1. The first-order chi connectivity index (χ1) is 14.0. The second-order valence-corrected chi connectivity index (χ2v) is 7.54. The van der Waals surface area contributed by atoms with Crippen molar-refractivity contribution in [3.8, 4) is 5.95 Å². The summed E-state index contributed by atoms with van der Waals surface area (Å²) in [5, 5.41) is 7.41. The molecule has 1 aromatic carbocycles. The van der Waals surface area contributed by atoms with Crippen molar-refractivity contribution < 1.29 is 4.79 Å². The number of H-pyrrole nitrogens is 1. The summed E-state index contributed by atoms with van der Waals surface area (Å²) in [6, 6.07) is 9.03. The van der Waals surface area contributed by atoms with Crippen LogP contribution in [0.1, 0.15) is 28.7 Å². The number of Topliss-reactive ketones (excluding diaryl/α,β-unsaturated/α-hetero) is 1. The van der Waals surface area contributed by atoms with Gasteiger partial charge in [0, 0.05) is 23.5 Å². The zero-order valence-electron chi connectivity index (χ0n) is 16.3. The third kappa shape index (κ3) is 3.38. The first kappa shape index (κ1) is 19.1. The maximum atomic E-state index is 13.0. The summed E-state index contributed by atoms with van der Waals surface area (Å²) in [5.74, 6) is 0.425. The number of benzene rings is 1. The van der Waals surface area contributed by atoms with Gasteiger partial charge in [-0.2, -0.15) is 10.1 Å². The predicted octanol–water partition coefficient (Wildman–Crippen LogP) is 2.92. The van der Waals surface area contributed by atoms with Crippen LogP contribution in [0.5, 0.6) is 0 Å². The molecule has 29 heavy (non-hydrogen) atoms. The van der Waals surface area contributed by atoms with Crippen molar-refractivity contribution in [2.24, 2.45) is 0 Å². The van der Waals surface area contributed by atoms with Crippen LogP contribution in [0, 0.1) is 13.8 Å². The minimum atomic E-state index is -0.258. The Balaban J connectivity index is 1.72. The largest absolute Gasteiger partial charge is 0.349 e. The van der Waals surface area contributed by atoms with Crippen LogP contribution in [0.15, 0.2) is 46.6 Å². The predicted molar refractivity (Wildman–Crippen MR) is 112 cm³/mol. The van der Waals surface area contributed by atoms with Gasteiger partial charge in [0.05, 0.1) is 16.7 Å². The zero-order valence-corrected chi connectivity index (χ0v) is 17.2. The van der Waals surface area contributed by atoms with E-state index in [4.69, 9.17) is 0 Å². The number of rotatable bonds is 6. The number of fused-ring (bicyclic) bond motifs is 1. The van der Waals surface area contributed by atoms with E-state index in [2.05, 4.69) is 31.7 Å². The minimum absolute atomic E-state index is 0.00525. The molecule has 0 amide bonds. The Hall–Kier alpha value is -3.20. The molecule has 9 heteroatoms. The molecule has 0 aliphatic rings. The van der Waals surface area contributed by atoms with Gasteiger partial charge in [-0.05, 0) is 39.0 Å². The van der Waals surface area contributed by atoms with Crippen LogP contribution < -0.4 is 5.56 Å². The van der Waals surface area contributed by atoms with Crippen LogP contribution in [0.3, 0.4) is 0 Å². The molecule has 148 valence electrons. The highest BCUT2D eigenvalue weighted by molar-refractivity contribution is 7.99. The summed E-state index contributed by atoms with van der Waals surface area (Å²) in [6.07, 6.45) is 1.33. The number of carbonyl (C=O) groups excluding carboxylic acids is 1. The molecule has 0 spiro atoms. The van der Waals surface area contributed by atoms with Crippen molar-refractivity contribution in [3.63, 3.8) is 0 Å². The molecule has 4 aromatic rings. The quantitative estimate of drug-likeness (QED) is 0.299. The van der Waals surface area contributed by atoms with Crippen molar-refractivity contribution in [1.82, 2.24) is 29.3 Å². The number of hydrogen-bond acceptors (Lipinski definition) is 6. The average molecular weight is 408 g/mol. The highest BCUT2D eigenvalue weighted by Crippen LogP contribution is 2.23. The fraction of sp³-hybridized carbons (Fsp3) is 0.250. The summed E-state index contributed by atoms with van der Waals surface area (Å²) in [5.41, 5.74) is 3.03. The molecular weight excluding hydrogens is 388 g/mol. The number of nitrogens with zero attached hydrogens (tertiary/aromatic N) is 5. The van der Waals surface area contributed by atoms with Gasteiger partial charge in [0.15, 0.2) is 10.9 Å². The lowest BCUT2D eigenvalue weighted by Gasteiger charge is -2.10. The maximum absolute atomic E-state index is 13.0. The molecule has 3 heterocycles. The molecular formula is C20H20N6O2S. The minimum Gasteiger partial charge on any atom is -0.349 e. The van der Waals surface area contributed by atoms with Crippen LogP contribution in [-0.4, -0.2) is 40.8 Å². The Morgan fingerprint density at radius 2 is 2.03 bits per heavy atom. The molecule has 0 radical (unpaired) electrons. The molecule has 3 aromatic heterocycles. The Morgan fingerprint density at radius 1 is 1.24 bits per heavy atom. The Labute approximate surface area is 171 Å². The van der Waals surface area contributed by atoms with Gasteiger partial charge in [-0.25, -0.2) is 14.6 Å². The van der Waals surface area contributed by atoms with Crippen molar-refractivity contribution in [2.45, 2.75) is 32.5 Å². The molecule has 0 saturated heterocycles. The lowest BCUT2D eigenvalue weighted by atomic mass is 10.2. The second kappa shape index (κ2) is 7.67. The molecule has 0 fully saturated rings. The SMILES string of the molecule is CCn1c(C)cc(C(=O)CSc2nc3ccccc3c(=O)n2-c2ncn[nH]2)c1C. The molecule has 0 bridgehead atoms. The smallest absolute Gasteiger partial charge is 0.269 e. The van der Waals surface area contributed by atoms with E-state index in [0.29, 0.717) is 21.6 Å². The van der Waals surface area contributed by atoms with Crippen LogP contribution in [0.25, 0.3) is 16.9 Å². The zero-order chi connectivity index (χ0) is 20.5. The van der Waals surface area contributed by atoms with E-state index in [0.717, 1.165) is 17.9 Å². The molecule has 0 unspecified atom stereocenters. The van der Waals surface area contributed by atoms with E-state index in [1.807, 2.05) is 26.0 Å². The number of ketones is 1. The van der Waals surface area contributed by atoms with E-state index < -0.39 is 0 Å². The van der Waals surface area contributed by atoms with Crippen molar-refractivity contribution in [1.29, 1.82) is 0 Å². The monoisotopic (exact) mass is 408 g/mol. The van der Waals surface area contributed by atoms with Gasteiger partial charge in [-0.3, -0.25) is 9.59 Å². The standard InChI is InChI=1S/C20H20N6O2S/c1-4-25-12(2)9-15(13(25)3)17(27)10-29-20-23-16-8-6-5-7-14(16)18(28)26(20)19-21-11-22-24-19/h5-9,11H,4,10H2,1-3H3,(H,21,22,24). The van der Waals surface area contributed by atoms with Crippen molar-refractivity contribution >= 4 is 28.4 Å². The van der Waals surface area contributed by atoms with Crippen LogP contribution >= 0.6 is 11.8 Å². The van der Waals surface area contributed by atoms with Gasteiger partial charge < -0.3 is 4.57 Å². The number of aromatic nitrogens is 6. The lowest BCUT2D eigenvalue weighted by Crippen LogP contribution is -2.23. The molecule has 0 atom stereocenters. The highest BCUT2D eigenvalue weighted by atomic mass is 32.2. The normalized spacial score (nSPS) is 11.3. The fourth-order valence-electron chi connectivity index (χ4n) is 3.48. The van der Waals surface area contributed by atoms with Gasteiger partial charge in [0.2, 0.25) is 5.95 Å². The average Bonchev–Trinajstić information content (AvgIpc) is 3.34. The van der Waals surface area contributed by atoms with Crippen molar-refractivity contribution in [3.05, 3.63) is 64.0 Å². The van der Waals surface area contributed by atoms with E-state index in [1.165, 1.54) is 22.7 Å². The van der Waals surface area contributed by atoms with E-state index >= 15 is 0 Å². The maximum Gasteiger partial charge on any atom is 0.269 e. The molecule has 8 nitrogen and oxygen atoms in total. The number of hydrogen-bond donors (Lipinski definition) is 1. The van der Waals surface area contributed by atoms with E-state index in [9.17, 15) is 9.59 Å². The molecule has 1 N–H and O–H groups in total. The van der Waals surface area contributed by atoms with Gasteiger partial charge in [0.25, 0.3) is 5.56 Å². The third-order valence-electron chi connectivity index (χ3n) is 4.88. The third-order valence-corrected chi connectivity index (χ3v) is 5.82. The summed E-state index contributed by atoms with van der Waals surface area (Å²) in [7, 11) is 0. The van der Waals surface area contributed by atoms with Gasteiger partial charge in [-0.15, -0.1) is 0 Å². The summed E-state index contributed by atoms with van der Waals surface area (Å²) >= 11 is 1.21. The second-order valence-electron chi connectivity index (χ2n) is 6.60. The van der Waals surface area contributed by atoms with Crippen LogP contribution in [-0.2, 0) is 6.54 Å². The molecule has 0 aliphatic carbocycles. The summed E-state index contributed by atoms with van der Waals surface area (Å²) in [6.45, 7) is 6.81. The molecule has 4 rings (SSSR count). The Kier molecular flexibility index (Phi) is 5.06. The summed E-state index contributed by atoms with van der Waals surface area (Å²) < 4.78 is 3.47. The number of nitrogens with one attached hydrogen (secondary N) is 1. The number of thioether (sulfide) groups is 1. The van der Waals surface area contributed by atoms with Crippen molar-refractivity contribution in [2.75, 3.05) is 5.75 Å². The molecule has 0 saturated carbocycles. The number of carbonyl (C=O) groups is 1. The van der Waals surface area contributed by atoms with Crippen LogP contribution in [0.2, 0.25) is 0 Å². The first-order valence-corrected chi connectivity index (χ1v) is 10.2. The van der Waals surface area contributed by atoms with Gasteiger partial charge in [0.1, 0.15) is 6.33 Å². The van der Waals surface area contributed by atoms with Crippen LogP contribution in [0.4, 0.5) is 0 Å². The Bertz CT molecular complexity index is 1260. The fourth-order valence-corrected chi connectivity index (χ4v) is 4.36. The van der Waals surface area contributed by atoms with Gasteiger partial charge in [-0.1, -0.05) is 23.9 Å².